The Morgan fingerprint density at radius 1 is 1.50 bits per heavy atom. The van der Waals surface area contributed by atoms with Gasteiger partial charge in [-0.25, -0.2) is 0 Å². The normalized spacial score (nSPS) is 10.9. The van der Waals surface area contributed by atoms with Crippen LogP contribution in [0.1, 0.15) is 17.7 Å². The van der Waals surface area contributed by atoms with Crippen molar-refractivity contribution in [1.82, 2.24) is 9.78 Å². The molecule has 0 saturated carbocycles. The first-order valence-electron chi connectivity index (χ1n) is 5.22. The van der Waals surface area contributed by atoms with Gasteiger partial charge in [0.1, 0.15) is 0 Å². The lowest BCUT2D eigenvalue weighted by Gasteiger charge is -1.97. The molecule has 1 heterocycles. The second-order valence-corrected chi connectivity index (χ2v) is 3.94. The van der Waals surface area contributed by atoms with Crippen molar-refractivity contribution >= 4 is 16.9 Å². The quantitative estimate of drug-likeness (QED) is 0.856. The Labute approximate surface area is 93.5 Å². The first-order valence-corrected chi connectivity index (χ1v) is 5.22. The summed E-state index contributed by atoms with van der Waals surface area (Å²) in [7, 11) is 1.89. The average molecular weight is 218 g/mol. The summed E-state index contributed by atoms with van der Waals surface area (Å²) in [5.74, 6) is -0.786. The number of aromatic nitrogens is 2. The van der Waals surface area contributed by atoms with Crippen molar-refractivity contribution in [2.75, 3.05) is 0 Å². The molecule has 0 aliphatic heterocycles. The first-order chi connectivity index (χ1) is 7.59. The predicted molar refractivity (Wildman–Crippen MR) is 61.4 cm³/mol. The Balaban J connectivity index is 2.47. The van der Waals surface area contributed by atoms with Gasteiger partial charge >= 0.3 is 5.97 Å². The molecule has 0 amide bonds. The monoisotopic (exact) mass is 218 g/mol. The second-order valence-electron chi connectivity index (χ2n) is 3.94. The van der Waals surface area contributed by atoms with E-state index in [1.54, 1.807) is 0 Å². The maximum Gasteiger partial charge on any atom is 0.303 e. The number of aryl methyl sites for hydroxylation is 3. The van der Waals surface area contributed by atoms with Crippen LogP contribution in [-0.2, 0) is 18.3 Å². The molecule has 1 N–H and O–H groups in total. The summed E-state index contributed by atoms with van der Waals surface area (Å²) >= 11 is 0. The van der Waals surface area contributed by atoms with Gasteiger partial charge in [-0.05, 0) is 12.5 Å². The van der Waals surface area contributed by atoms with Crippen LogP contribution in [0.5, 0.6) is 0 Å². The van der Waals surface area contributed by atoms with Crippen LogP contribution < -0.4 is 0 Å². The van der Waals surface area contributed by atoms with E-state index in [2.05, 4.69) is 5.10 Å². The van der Waals surface area contributed by atoms with Crippen LogP contribution in [-0.4, -0.2) is 20.9 Å². The van der Waals surface area contributed by atoms with E-state index in [1.807, 2.05) is 36.9 Å². The number of benzene rings is 1. The van der Waals surface area contributed by atoms with Gasteiger partial charge in [0, 0.05) is 18.9 Å². The average Bonchev–Trinajstić information content (AvgIpc) is 2.54. The third-order valence-electron chi connectivity index (χ3n) is 2.72. The van der Waals surface area contributed by atoms with Crippen LogP contribution in [0, 0.1) is 6.92 Å². The molecule has 0 radical (unpaired) electrons. The van der Waals surface area contributed by atoms with E-state index < -0.39 is 5.97 Å². The summed E-state index contributed by atoms with van der Waals surface area (Å²) in [6.45, 7) is 2.03. The fourth-order valence-electron chi connectivity index (χ4n) is 2.02. The molecule has 2 aromatic rings. The number of rotatable bonds is 3. The molecule has 0 spiro atoms. The highest BCUT2D eigenvalue weighted by Crippen LogP contribution is 2.22. The van der Waals surface area contributed by atoms with E-state index in [4.69, 9.17) is 5.11 Å². The van der Waals surface area contributed by atoms with Crippen molar-refractivity contribution in [3.8, 4) is 0 Å². The van der Waals surface area contributed by atoms with Gasteiger partial charge in [-0.2, -0.15) is 5.10 Å². The number of hydrogen-bond acceptors (Lipinski definition) is 2. The van der Waals surface area contributed by atoms with Gasteiger partial charge in [0.2, 0.25) is 0 Å². The van der Waals surface area contributed by atoms with Crippen LogP contribution in [0.2, 0.25) is 0 Å². The molecule has 4 heteroatoms. The Bertz CT molecular complexity index is 543. The van der Waals surface area contributed by atoms with E-state index in [-0.39, 0.29) is 6.42 Å². The molecular weight excluding hydrogens is 204 g/mol. The van der Waals surface area contributed by atoms with Crippen molar-refractivity contribution in [2.45, 2.75) is 19.8 Å². The summed E-state index contributed by atoms with van der Waals surface area (Å²) in [5.41, 5.74) is 3.11. The topological polar surface area (TPSA) is 55.1 Å². The molecule has 0 saturated heterocycles. The van der Waals surface area contributed by atoms with Crippen molar-refractivity contribution in [1.29, 1.82) is 0 Å². The number of nitrogens with zero attached hydrogens (tertiary/aromatic N) is 2. The third kappa shape index (κ3) is 1.78. The Morgan fingerprint density at radius 3 is 2.94 bits per heavy atom. The number of carboxylic acid groups (broad SMARTS) is 1. The number of fused-ring (bicyclic) bond motifs is 1. The van der Waals surface area contributed by atoms with E-state index in [0.717, 1.165) is 22.2 Å². The van der Waals surface area contributed by atoms with E-state index >= 15 is 0 Å². The number of carbonyl (C=O) groups is 1. The second kappa shape index (κ2) is 3.96. The lowest BCUT2D eigenvalue weighted by atomic mass is 10.1. The smallest absolute Gasteiger partial charge is 0.303 e. The fraction of sp³-hybridized carbons (Fsp3) is 0.333. The molecule has 0 aliphatic rings. The minimum atomic E-state index is -0.786. The summed E-state index contributed by atoms with van der Waals surface area (Å²) in [6, 6.07) is 6.00. The highest BCUT2D eigenvalue weighted by molar-refractivity contribution is 5.85. The highest BCUT2D eigenvalue weighted by atomic mass is 16.4. The number of hydrogen-bond donors (Lipinski definition) is 1. The third-order valence-corrected chi connectivity index (χ3v) is 2.72. The van der Waals surface area contributed by atoms with Crippen molar-refractivity contribution < 1.29 is 9.90 Å². The molecule has 1 aromatic carbocycles. The Morgan fingerprint density at radius 2 is 2.25 bits per heavy atom. The largest absolute Gasteiger partial charge is 0.481 e. The maximum absolute atomic E-state index is 10.5. The SMILES string of the molecule is Cc1cccc2c(CCC(=O)O)nn(C)c12. The molecule has 2 rings (SSSR count). The zero-order valence-corrected chi connectivity index (χ0v) is 9.40. The molecule has 4 nitrogen and oxygen atoms in total. The number of para-hydroxylation sites is 1. The summed E-state index contributed by atoms with van der Waals surface area (Å²) in [6.07, 6.45) is 0.607. The number of aliphatic carboxylic acids is 1. The van der Waals surface area contributed by atoms with Gasteiger partial charge in [-0.1, -0.05) is 18.2 Å². The Kier molecular flexibility index (Phi) is 2.64. The molecule has 16 heavy (non-hydrogen) atoms. The van der Waals surface area contributed by atoms with Crippen LogP contribution in [0.4, 0.5) is 0 Å². The molecule has 0 unspecified atom stereocenters. The molecule has 0 atom stereocenters. The van der Waals surface area contributed by atoms with Crippen LogP contribution >= 0.6 is 0 Å². The highest BCUT2D eigenvalue weighted by Gasteiger charge is 2.10. The fourth-order valence-corrected chi connectivity index (χ4v) is 2.02. The van der Waals surface area contributed by atoms with Crippen LogP contribution in [0.15, 0.2) is 18.2 Å². The first kappa shape index (κ1) is 10.7. The molecule has 0 aliphatic carbocycles. The van der Waals surface area contributed by atoms with Crippen molar-refractivity contribution in [3.63, 3.8) is 0 Å². The van der Waals surface area contributed by atoms with Crippen LogP contribution in [0.25, 0.3) is 10.9 Å². The molecule has 84 valence electrons. The molecular formula is C12H14N2O2. The van der Waals surface area contributed by atoms with Gasteiger partial charge in [-0.15, -0.1) is 0 Å². The Hall–Kier alpha value is -1.84. The molecule has 0 bridgehead atoms. The van der Waals surface area contributed by atoms with Gasteiger partial charge in [0.05, 0.1) is 17.6 Å². The minimum absolute atomic E-state index is 0.125. The van der Waals surface area contributed by atoms with Crippen molar-refractivity contribution in [3.05, 3.63) is 29.5 Å². The van der Waals surface area contributed by atoms with Crippen LogP contribution in [0.3, 0.4) is 0 Å². The summed E-state index contributed by atoms with van der Waals surface area (Å²) in [4.78, 5) is 10.5. The van der Waals surface area contributed by atoms with Crippen molar-refractivity contribution in [2.24, 2.45) is 7.05 Å². The lowest BCUT2D eigenvalue weighted by Crippen LogP contribution is -1.99. The number of carboxylic acids is 1. The van der Waals surface area contributed by atoms with Gasteiger partial charge in [0.25, 0.3) is 0 Å². The predicted octanol–water partition coefficient (Wildman–Crippen LogP) is 1.90. The molecule has 1 aromatic heterocycles. The lowest BCUT2D eigenvalue weighted by molar-refractivity contribution is -0.136. The summed E-state index contributed by atoms with van der Waals surface area (Å²) in [5, 5.41) is 14.1. The van der Waals surface area contributed by atoms with E-state index in [1.165, 1.54) is 0 Å². The van der Waals surface area contributed by atoms with E-state index in [9.17, 15) is 4.79 Å². The zero-order valence-electron chi connectivity index (χ0n) is 9.40. The van der Waals surface area contributed by atoms with Gasteiger partial charge in [-0.3, -0.25) is 9.48 Å². The zero-order chi connectivity index (χ0) is 11.7. The maximum atomic E-state index is 10.5. The standard InChI is InChI=1S/C12H14N2O2/c1-8-4-3-5-9-10(6-7-11(15)16)13-14(2)12(8)9/h3-5H,6-7H2,1-2H3,(H,15,16). The van der Waals surface area contributed by atoms with Gasteiger partial charge in [0.15, 0.2) is 0 Å². The van der Waals surface area contributed by atoms with E-state index in [0.29, 0.717) is 6.42 Å². The van der Waals surface area contributed by atoms with Gasteiger partial charge < -0.3 is 5.11 Å². The molecule has 0 fully saturated rings. The minimum Gasteiger partial charge on any atom is -0.481 e. The summed E-state index contributed by atoms with van der Waals surface area (Å²) < 4.78 is 1.82.